The summed E-state index contributed by atoms with van der Waals surface area (Å²) in [5, 5.41) is 20.5. The molecule has 26 heavy (non-hydrogen) atoms. The standard InChI is InChI=1S/C22H31N3O/c1-7-21(3,4)15-13-16(22(5,6)8-2)20(26)19(14-15)25-23-17-11-9-10-12-18(17)24-25/h9-13,19,26H,7-8,14H2,1-6H3. The predicted molar refractivity (Wildman–Crippen MR) is 107 cm³/mol. The number of rotatable bonds is 5. The van der Waals surface area contributed by atoms with Gasteiger partial charge in [0, 0.05) is 6.42 Å². The first-order valence-corrected chi connectivity index (χ1v) is 9.66. The molecular formula is C22H31N3O. The highest BCUT2D eigenvalue weighted by atomic mass is 16.3. The summed E-state index contributed by atoms with van der Waals surface area (Å²) in [5.74, 6) is 0.410. The molecule has 1 aliphatic rings. The van der Waals surface area contributed by atoms with E-state index in [1.807, 2.05) is 24.3 Å². The fourth-order valence-corrected chi connectivity index (χ4v) is 3.43. The molecule has 1 aromatic heterocycles. The van der Waals surface area contributed by atoms with Crippen molar-refractivity contribution in [3.05, 3.63) is 47.2 Å². The van der Waals surface area contributed by atoms with Crippen molar-refractivity contribution in [2.75, 3.05) is 0 Å². The third kappa shape index (κ3) is 3.17. The Labute approximate surface area is 156 Å². The van der Waals surface area contributed by atoms with Crippen LogP contribution < -0.4 is 0 Å². The van der Waals surface area contributed by atoms with Crippen molar-refractivity contribution in [3.63, 3.8) is 0 Å². The number of aliphatic hydroxyl groups is 1. The summed E-state index contributed by atoms with van der Waals surface area (Å²) in [5.41, 5.74) is 4.10. The average Bonchev–Trinajstić information content (AvgIpc) is 3.05. The van der Waals surface area contributed by atoms with E-state index in [1.165, 1.54) is 5.57 Å². The highest BCUT2D eigenvalue weighted by molar-refractivity contribution is 5.73. The largest absolute Gasteiger partial charge is 0.510 e. The zero-order chi connectivity index (χ0) is 19.1. The van der Waals surface area contributed by atoms with Gasteiger partial charge in [0.2, 0.25) is 0 Å². The van der Waals surface area contributed by atoms with Crippen molar-refractivity contribution in [1.29, 1.82) is 0 Å². The SMILES string of the molecule is CCC(C)(C)C1=CC(C(C)(C)CC)=C(O)C(n2nc3ccccc3n2)C1. The number of fused-ring (bicyclic) bond motifs is 1. The van der Waals surface area contributed by atoms with Crippen LogP contribution in [0.15, 0.2) is 47.2 Å². The molecule has 0 fully saturated rings. The zero-order valence-corrected chi connectivity index (χ0v) is 16.9. The normalized spacial score (nSPS) is 19.2. The molecule has 0 saturated carbocycles. The maximum atomic E-state index is 11.2. The first-order valence-electron chi connectivity index (χ1n) is 9.66. The van der Waals surface area contributed by atoms with Crippen LogP contribution in [-0.2, 0) is 0 Å². The van der Waals surface area contributed by atoms with E-state index in [0.717, 1.165) is 35.9 Å². The van der Waals surface area contributed by atoms with Crippen LogP contribution >= 0.6 is 0 Å². The van der Waals surface area contributed by atoms with Crippen LogP contribution in [0.25, 0.3) is 11.0 Å². The summed E-state index contributed by atoms with van der Waals surface area (Å²) in [7, 11) is 0. The van der Waals surface area contributed by atoms with Crippen molar-refractivity contribution >= 4 is 11.0 Å². The Morgan fingerprint density at radius 1 is 1.00 bits per heavy atom. The molecule has 0 amide bonds. The van der Waals surface area contributed by atoms with Crippen LogP contribution in [0.2, 0.25) is 0 Å². The number of allylic oxidation sites excluding steroid dienone is 4. The Morgan fingerprint density at radius 3 is 2.04 bits per heavy atom. The highest BCUT2D eigenvalue weighted by Gasteiger charge is 2.36. The number of aromatic nitrogens is 3. The molecule has 1 atom stereocenters. The van der Waals surface area contributed by atoms with E-state index in [2.05, 4.69) is 57.8 Å². The monoisotopic (exact) mass is 353 g/mol. The maximum absolute atomic E-state index is 11.2. The topological polar surface area (TPSA) is 50.9 Å². The zero-order valence-electron chi connectivity index (χ0n) is 16.9. The maximum Gasteiger partial charge on any atom is 0.132 e. The molecule has 140 valence electrons. The second kappa shape index (κ2) is 6.57. The lowest BCUT2D eigenvalue weighted by Crippen LogP contribution is -2.28. The predicted octanol–water partition coefficient (Wildman–Crippen LogP) is 5.99. The molecule has 4 heteroatoms. The van der Waals surface area contributed by atoms with Gasteiger partial charge in [0.05, 0.1) is 0 Å². The van der Waals surface area contributed by atoms with E-state index >= 15 is 0 Å². The van der Waals surface area contributed by atoms with Crippen LogP contribution in [0.4, 0.5) is 0 Å². The first kappa shape index (κ1) is 18.7. The minimum absolute atomic E-state index is 0.0839. The Hall–Kier alpha value is -2.10. The molecule has 1 unspecified atom stereocenters. The van der Waals surface area contributed by atoms with E-state index in [0.29, 0.717) is 5.76 Å². The fourth-order valence-electron chi connectivity index (χ4n) is 3.43. The van der Waals surface area contributed by atoms with Gasteiger partial charge in [-0.3, -0.25) is 0 Å². The lowest BCUT2D eigenvalue weighted by molar-refractivity contribution is 0.255. The molecular weight excluding hydrogens is 322 g/mol. The molecule has 0 aliphatic heterocycles. The molecule has 4 nitrogen and oxygen atoms in total. The Morgan fingerprint density at radius 2 is 1.54 bits per heavy atom. The van der Waals surface area contributed by atoms with E-state index in [-0.39, 0.29) is 16.9 Å². The van der Waals surface area contributed by atoms with Gasteiger partial charge in [0.25, 0.3) is 0 Å². The second-order valence-electron chi connectivity index (χ2n) is 8.67. The molecule has 1 N–H and O–H groups in total. The summed E-state index contributed by atoms with van der Waals surface area (Å²) < 4.78 is 0. The quantitative estimate of drug-likeness (QED) is 0.718. The van der Waals surface area contributed by atoms with Crippen molar-refractivity contribution in [3.8, 4) is 0 Å². The smallest absolute Gasteiger partial charge is 0.132 e. The first-order chi connectivity index (χ1) is 12.2. The van der Waals surface area contributed by atoms with Gasteiger partial charge in [-0.25, -0.2) is 0 Å². The van der Waals surface area contributed by atoms with Gasteiger partial charge >= 0.3 is 0 Å². The Balaban J connectivity index is 2.14. The van der Waals surface area contributed by atoms with Gasteiger partial charge in [0.15, 0.2) is 0 Å². The second-order valence-corrected chi connectivity index (χ2v) is 8.67. The van der Waals surface area contributed by atoms with Crippen molar-refractivity contribution in [2.45, 2.75) is 66.8 Å². The van der Waals surface area contributed by atoms with Gasteiger partial charge in [-0.05, 0) is 41.4 Å². The Bertz CT molecular complexity index is 837. The molecule has 1 aromatic carbocycles. The molecule has 1 aliphatic carbocycles. The molecule has 0 radical (unpaired) electrons. The van der Waals surface area contributed by atoms with Crippen LogP contribution in [0.5, 0.6) is 0 Å². The van der Waals surface area contributed by atoms with Gasteiger partial charge < -0.3 is 5.11 Å². The average molecular weight is 354 g/mol. The highest BCUT2D eigenvalue weighted by Crippen LogP contribution is 2.46. The lowest BCUT2D eigenvalue weighted by Gasteiger charge is -2.37. The summed E-state index contributed by atoms with van der Waals surface area (Å²) in [6.07, 6.45) is 5.00. The van der Waals surface area contributed by atoms with Gasteiger partial charge in [0.1, 0.15) is 22.8 Å². The van der Waals surface area contributed by atoms with Crippen molar-refractivity contribution in [1.82, 2.24) is 15.0 Å². The molecule has 0 saturated heterocycles. The molecule has 2 aromatic rings. The van der Waals surface area contributed by atoms with Gasteiger partial charge in [-0.1, -0.05) is 65.3 Å². The van der Waals surface area contributed by atoms with Crippen LogP contribution in [0.1, 0.15) is 66.8 Å². The molecule has 0 bridgehead atoms. The number of aliphatic hydroxyl groups excluding tert-OH is 1. The number of hydrogen-bond donors (Lipinski definition) is 1. The van der Waals surface area contributed by atoms with E-state index < -0.39 is 0 Å². The number of hydrogen-bond acceptors (Lipinski definition) is 3. The van der Waals surface area contributed by atoms with Crippen molar-refractivity contribution < 1.29 is 5.11 Å². The third-order valence-electron chi connectivity index (χ3n) is 6.27. The van der Waals surface area contributed by atoms with Gasteiger partial charge in [-0.2, -0.15) is 15.0 Å². The summed E-state index contributed by atoms with van der Waals surface area (Å²) in [6, 6.07) is 7.62. The van der Waals surface area contributed by atoms with Crippen LogP contribution in [0, 0.1) is 10.8 Å². The minimum atomic E-state index is -0.242. The van der Waals surface area contributed by atoms with E-state index in [9.17, 15) is 5.11 Å². The van der Waals surface area contributed by atoms with E-state index in [1.54, 1.807) is 4.80 Å². The summed E-state index contributed by atoms with van der Waals surface area (Å²) in [6.45, 7) is 13.3. The number of benzene rings is 1. The van der Waals surface area contributed by atoms with Crippen LogP contribution in [-0.4, -0.2) is 20.1 Å². The Kier molecular flexibility index (Phi) is 4.72. The van der Waals surface area contributed by atoms with Gasteiger partial charge in [-0.15, -0.1) is 0 Å². The number of nitrogens with zero attached hydrogens (tertiary/aromatic N) is 3. The molecule has 1 heterocycles. The van der Waals surface area contributed by atoms with E-state index in [4.69, 9.17) is 0 Å². The fraction of sp³-hybridized carbons (Fsp3) is 0.545. The lowest BCUT2D eigenvalue weighted by atomic mass is 9.70. The molecule has 0 spiro atoms. The van der Waals surface area contributed by atoms with Crippen LogP contribution in [0.3, 0.4) is 0 Å². The summed E-state index contributed by atoms with van der Waals surface area (Å²) >= 11 is 0. The van der Waals surface area contributed by atoms with Crippen molar-refractivity contribution in [2.24, 2.45) is 10.8 Å². The minimum Gasteiger partial charge on any atom is -0.510 e. The molecule has 3 rings (SSSR count). The summed E-state index contributed by atoms with van der Waals surface area (Å²) in [4.78, 5) is 1.71. The third-order valence-corrected chi connectivity index (χ3v) is 6.27.